The van der Waals surface area contributed by atoms with E-state index in [-0.39, 0.29) is 35.5 Å². The van der Waals surface area contributed by atoms with Crippen molar-refractivity contribution < 1.29 is 14.3 Å². The van der Waals surface area contributed by atoms with Gasteiger partial charge in [-0.25, -0.2) is 19.7 Å². The van der Waals surface area contributed by atoms with E-state index >= 15 is 0 Å². The number of hydrogen-bond acceptors (Lipinski definition) is 8. The summed E-state index contributed by atoms with van der Waals surface area (Å²) in [7, 11) is 0. The molecule has 3 aromatic heterocycles. The van der Waals surface area contributed by atoms with Crippen LogP contribution in [0.3, 0.4) is 0 Å². The third-order valence-electron chi connectivity index (χ3n) is 3.36. The lowest BCUT2D eigenvalue weighted by Gasteiger charge is -2.07. The summed E-state index contributed by atoms with van der Waals surface area (Å²) in [5.41, 5.74) is 0.417. The Labute approximate surface area is 153 Å². The lowest BCUT2D eigenvalue weighted by atomic mass is 10.1. The standard InChI is InChI=1S/C16H13ClN6O3/c1-2-26-15(25)14-10(8-19-16(17)20-14)7-12(24)11-3-4-13(22-21-11)23-6-5-18-9-23/h3-6,8-9H,2,7H2,1H3. The number of halogens is 1. The number of nitrogens with zero attached hydrogens (tertiary/aromatic N) is 6. The molecule has 3 aromatic rings. The van der Waals surface area contributed by atoms with Gasteiger partial charge >= 0.3 is 5.97 Å². The summed E-state index contributed by atoms with van der Waals surface area (Å²) in [4.78, 5) is 36.1. The molecule has 0 atom stereocenters. The molecule has 0 aliphatic heterocycles. The summed E-state index contributed by atoms with van der Waals surface area (Å²) in [6.07, 6.45) is 6.08. The van der Waals surface area contributed by atoms with Crippen molar-refractivity contribution in [3.63, 3.8) is 0 Å². The van der Waals surface area contributed by atoms with Crippen molar-refractivity contribution in [1.82, 2.24) is 29.7 Å². The zero-order chi connectivity index (χ0) is 18.5. The molecule has 0 aliphatic carbocycles. The van der Waals surface area contributed by atoms with Gasteiger partial charge in [0.15, 0.2) is 17.3 Å². The quantitative estimate of drug-likeness (QED) is 0.365. The zero-order valence-corrected chi connectivity index (χ0v) is 14.4. The Morgan fingerprint density at radius 3 is 2.77 bits per heavy atom. The van der Waals surface area contributed by atoms with Crippen LogP contribution in [0, 0.1) is 0 Å². The van der Waals surface area contributed by atoms with Crippen LogP contribution in [-0.4, -0.2) is 48.1 Å². The van der Waals surface area contributed by atoms with E-state index in [1.165, 1.54) is 6.20 Å². The highest BCUT2D eigenvalue weighted by molar-refractivity contribution is 6.28. The summed E-state index contributed by atoms with van der Waals surface area (Å²) >= 11 is 5.74. The van der Waals surface area contributed by atoms with E-state index in [2.05, 4.69) is 25.1 Å². The third kappa shape index (κ3) is 3.89. The number of rotatable bonds is 6. The van der Waals surface area contributed by atoms with Gasteiger partial charge in [-0.3, -0.25) is 9.36 Å². The summed E-state index contributed by atoms with van der Waals surface area (Å²) in [5.74, 6) is -0.478. The molecule has 132 valence electrons. The van der Waals surface area contributed by atoms with Gasteiger partial charge in [0, 0.05) is 30.6 Å². The molecular formula is C16H13ClN6O3. The fourth-order valence-corrected chi connectivity index (χ4v) is 2.29. The molecule has 0 saturated carbocycles. The van der Waals surface area contributed by atoms with Crippen LogP contribution in [0.4, 0.5) is 0 Å². The topological polar surface area (TPSA) is 113 Å². The van der Waals surface area contributed by atoms with Gasteiger partial charge in [-0.05, 0) is 30.7 Å². The van der Waals surface area contributed by atoms with Crippen molar-refractivity contribution in [2.24, 2.45) is 0 Å². The molecule has 0 radical (unpaired) electrons. The maximum atomic E-state index is 12.5. The van der Waals surface area contributed by atoms with Gasteiger partial charge in [0.05, 0.1) is 6.61 Å². The highest BCUT2D eigenvalue weighted by Gasteiger charge is 2.20. The predicted octanol–water partition coefficient (Wildman–Crippen LogP) is 1.71. The minimum absolute atomic E-state index is 0.0387. The van der Waals surface area contributed by atoms with Gasteiger partial charge < -0.3 is 4.74 Å². The second kappa shape index (κ2) is 7.79. The van der Waals surface area contributed by atoms with E-state index in [0.717, 1.165) is 0 Å². The van der Waals surface area contributed by atoms with Gasteiger partial charge in [-0.15, -0.1) is 10.2 Å². The summed E-state index contributed by atoms with van der Waals surface area (Å²) in [6.45, 7) is 1.85. The van der Waals surface area contributed by atoms with Crippen molar-refractivity contribution in [1.29, 1.82) is 0 Å². The molecule has 0 fully saturated rings. The summed E-state index contributed by atoms with van der Waals surface area (Å²) < 4.78 is 6.59. The second-order valence-corrected chi connectivity index (χ2v) is 5.42. The molecule has 0 aromatic carbocycles. The van der Waals surface area contributed by atoms with Gasteiger partial charge in [-0.2, -0.15) is 0 Å². The molecule has 0 bridgehead atoms. The van der Waals surface area contributed by atoms with Gasteiger partial charge in [0.1, 0.15) is 12.0 Å². The number of aromatic nitrogens is 6. The average Bonchev–Trinajstić information content (AvgIpc) is 3.18. The molecular weight excluding hydrogens is 360 g/mol. The number of ether oxygens (including phenoxy) is 1. The van der Waals surface area contributed by atoms with Crippen molar-refractivity contribution in [2.75, 3.05) is 6.61 Å². The van der Waals surface area contributed by atoms with Crippen LogP contribution in [0.15, 0.2) is 37.1 Å². The molecule has 0 saturated heterocycles. The number of esters is 1. The first-order chi connectivity index (χ1) is 12.6. The highest BCUT2D eigenvalue weighted by atomic mass is 35.5. The van der Waals surface area contributed by atoms with Crippen LogP contribution in [0.25, 0.3) is 5.82 Å². The van der Waals surface area contributed by atoms with Crippen LogP contribution >= 0.6 is 11.6 Å². The molecule has 9 nitrogen and oxygen atoms in total. The van der Waals surface area contributed by atoms with Crippen molar-refractivity contribution in [3.8, 4) is 5.82 Å². The maximum Gasteiger partial charge on any atom is 0.357 e. The first kappa shape index (κ1) is 17.6. The second-order valence-electron chi connectivity index (χ2n) is 5.08. The molecule has 0 spiro atoms. The summed E-state index contributed by atoms with van der Waals surface area (Å²) in [5, 5.41) is 7.82. The maximum absolute atomic E-state index is 12.5. The molecule has 0 amide bonds. The first-order valence-corrected chi connectivity index (χ1v) is 8.00. The number of carbonyl (C=O) groups is 2. The normalized spacial score (nSPS) is 10.5. The Balaban J connectivity index is 1.81. The van der Waals surface area contributed by atoms with E-state index in [0.29, 0.717) is 11.4 Å². The average molecular weight is 373 g/mol. The summed E-state index contributed by atoms with van der Waals surface area (Å²) in [6, 6.07) is 3.19. The minimum atomic E-state index is -0.666. The van der Waals surface area contributed by atoms with E-state index in [9.17, 15) is 9.59 Å². The fraction of sp³-hybridized carbons (Fsp3) is 0.188. The monoisotopic (exact) mass is 372 g/mol. The van der Waals surface area contributed by atoms with E-state index in [4.69, 9.17) is 16.3 Å². The third-order valence-corrected chi connectivity index (χ3v) is 3.54. The van der Waals surface area contributed by atoms with Crippen LogP contribution < -0.4 is 0 Å². The molecule has 3 rings (SSSR count). The number of imidazole rings is 1. The molecule has 0 aliphatic rings. The van der Waals surface area contributed by atoms with E-state index in [1.54, 1.807) is 42.3 Å². The van der Waals surface area contributed by atoms with Crippen molar-refractivity contribution in [3.05, 3.63) is 59.3 Å². The van der Waals surface area contributed by atoms with Crippen LogP contribution in [0.2, 0.25) is 5.28 Å². The fourth-order valence-electron chi connectivity index (χ4n) is 2.16. The Bertz CT molecular complexity index is 928. The molecule has 10 heteroatoms. The number of carbonyl (C=O) groups excluding carboxylic acids is 2. The van der Waals surface area contributed by atoms with E-state index < -0.39 is 5.97 Å². The van der Waals surface area contributed by atoms with E-state index in [1.807, 2.05) is 0 Å². The van der Waals surface area contributed by atoms with Crippen molar-refractivity contribution >= 4 is 23.4 Å². The Morgan fingerprint density at radius 1 is 1.27 bits per heavy atom. The smallest absolute Gasteiger partial charge is 0.357 e. The molecule has 0 unspecified atom stereocenters. The zero-order valence-electron chi connectivity index (χ0n) is 13.7. The molecule has 0 N–H and O–H groups in total. The number of hydrogen-bond donors (Lipinski definition) is 0. The van der Waals surface area contributed by atoms with Crippen LogP contribution in [0.1, 0.15) is 33.5 Å². The number of ketones is 1. The largest absolute Gasteiger partial charge is 0.461 e. The number of Topliss-reactive ketones (excluding diaryl/α,β-unsaturated/α-hetero) is 1. The van der Waals surface area contributed by atoms with Gasteiger partial charge in [0.2, 0.25) is 5.28 Å². The predicted molar refractivity (Wildman–Crippen MR) is 90.2 cm³/mol. The Hall–Kier alpha value is -3.20. The Kier molecular flexibility index (Phi) is 5.28. The molecule has 26 heavy (non-hydrogen) atoms. The van der Waals surface area contributed by atoms with Gasteiger partial charge in [-0.1, -0.05) is 0 Å². The lowest BCUT2D eigenvalue weighted by molar-refractivity contribution is 0.0518. The molecule has 3 heterocycles. The Morgan fingerprint density at radius 2 is 2.12 bits per heavy atom. The van der Waals surface area contributed by atoms with Crippen LogP contribution in [-0.2, 0) is 11.2 Å². The minimum Gasteiger partial charge on any atom is -0.461 e. The highest BCUT2D eigenvalue weighted by Crippen LogP contribution is 2.13. The SMILES string of the molecule is CCOC(=O)c1nc(Cl)ncc1CC(=O)c1ccc(-n2ccnc2)nn1. The first-order valence-electron chi connectivity index (χ1n) is 7.62. The van der Waals surface area contributed by atoms with Gasteiger partial charge in [0.25, 0.3) is 0 Å². The lowest BCUT2D eigenvalue weighted by Crippen LogP contribution is -2.15. The van der Waals surface area contributed by atoms with Crippen molar-refractivity contribution in [2.45, 2.75) is 13.3 Å². The van der Waals surface area contributed by atoms with Crippen LogP contribution in [0.5, 0.6) is 0 Å².